The SMILES string of the molecule is C[N+]1(C)CO1.[Cl-]. The number of hydrogen-bond acceptors (Lipinski definition) is 1. The molecule has 0 saturated carbocycles. The lowest BCUT2D eigenvalue weighted by molar-refractivity contribution is -0.877. The molecule has 0 bridgehead atoms. The number of quaternary nitrogens is 1. The molecule has 0 aliphatic carbocycles. The van der Waals surface area contributed by atoms with E-state index in [1.54, 1.807) is 0 Å². The molecule has 1 rings (SSSR count). The highest BCUT2D eigenvalue weighted by molar-refractivity contribution is 4.04. The summed E-state index contributed by atoms with van der Waals surface area (Å²) in [5, 5.41) is 0. The molecule has 0 aromatic heterocycles. The maximum absolute atomic E-state index is 4.83. The van der Waals surface area contributed by atoms with E-state index >= 15 is 0 Å². The molecule has 1 saturated heterocycles. The first-order chi connectivity index (χ1) is 2.21. The zero-order valence-electron chi connectivity index (χ0n) is 3.94. The highest BCUT2D eigenvalue weighted by Crippen LogP contribution is 2.12. The highest BCUT2D eigenvalue weighted by Gasteiger charge is 2.34. The van der Waals surface area contributed by atoms with E-state index in [2.05, 4.69) is 0 Å². The van der Waals surface area contributed by atoms with Gasteiger partial charge in [0.2, 0.25) is 0 Å². The summed E-state index contributed by atoms with van der Waals surface area (Å²) < 4.78 is 0.750. The highest BCUT2D eigenvalue weighted by atomic mass is 35.5. The van der Waals surface area contributed by atoms with Crippen LogP contribution >= 0.6 is 0 Å². The molecule has 0 aromatic rings. The second kappa shape index (κ2) is 1.37. The van der Waals surface area contributed by atoms with Crippen molar-refractivity contribution in [3.05, 3.63) is 0 Å². The topological polar surface area (TPSA) is 12.5 Å². The smallest absolute Gasteiger partial charge is 0.264 e. The van der Waals surface area contributed by atoms with Crippen LogP contribution in [0, 0.1) is 0 Å². The molecule has 0 radical (unpaired) electrons. The van der Waals surface area contributed by atoms with Gasteiger partial charge in [0.25, 0.3) is 6.73 Å². The van der Waals surface area contributed by atoms with Crippen molar-refractivity contribution in [2.24, 2.45) is 0 Å². The van der Waals surface area contributed by atoms with E-state index in [0.29, 0.717) is 0 Å². The average molecular weight is 110 g/mol. The van der Waals surface area contributed by atoms with E-state index in [-0.39, 0.29) is 12.4 Å². The molecular weight excluding hydrogens is 101 g/mol. The minimum atomic E-state index is 0. The van der Waals surface area contributed by atoms with Crippen molar-refractivity contribution in [1.29, 1.82) is 0 Å². The first-order valence-electron chi connectivity index (χ1n) is 1.68. The van der Waals surface area contributed by atoms with Gasteiger partial charge in [-0.2, -0.15) is 4.65 Å². The van der Waals surface area contributed by atoms with Crippen LogP contribution in [-0.2, 0) is 4.84 Å². The fraction of sp³-hybridized carbons (Fsp3) is 1.00. The van der Waals surface area contributed by atoms with Crippen LogP contribution in [0.4, 0.5) is 0 Å². The summed E-state index contributed by atoms with van der Waals surface area (Å²) in [5.41, 5.74) is 0. The minimum Gasteiger partial charge on any atom is -1.00 e. The predicted octanol–water partition coefficient (Wildman–Crippen LogP) is -3.03. The summed E-state index contributed by atoms with van der Waals surface area (Å²) in [7, 11) is 4.03. The van der Waals surface area contributed by atoms with Gasteiger partial charge in [0.05, 0.1) is 0 Å². The zero-order chi connectivity index (χ0) is 3.91. The van der Waals surface area contributed by atoms with Crippen LogP contribution in [-0.4, -0.2) is 25.5 Å². The van der Waals surface area contributed by atoms with Crippen LogP contribution in [0.25, 0.3) is 0 Å². The molecule has 1 fully saturated rings. The van der Waals surface area contributed by atoms with Crippen molar-refractivity contribution in [1.82, 2.24) is 0 Å². The fourth-order valence-electron chi connectivity index (χ4n) is 0.115. The number of rotatable bonds is 0. The van der Waals surface area contributed by atoms with Crippen molar-refractivity contribution >= 4 is 0 Å². The van der Waals surface area contributed by atoms with Gasteiger partial charge in [-0.25, -0.2) is 0 Å². The Bertz CT molecular complexity index is 48.8. The summed E-state index contributed by atoms with van der Waals surface area (Å²) in [6.07, 6.45) is 0. The minimum absolute atomic E-state index is 0. The summed E-state index contributed by atoms with van der Waals surface area (Å²) in [4.78, 5) is 4.83. The van der Waals surface area contributed by atoms with E-state index in [1.807, 2.05) is 14.1 Å². The van der Waals surface area contributed by atoms with E-state index in [4.69, 9.17) is 4.84 Å². The second-order valence-electron chi connectivity index (χ2n) is 1.83. The molecule has 1 aliphatic rings. The van der Waals surface area contributed by atoms with Crippen molar-refractivity contribution in [3.63, 3.8) is 0 Å². The average Bonchev–Trinajstić information content (AvgIpc) is 1.76. The van der Waals surface area contributed by atoms with Crippen LogP contribution in [0.5, 0.6) is 0 Å². The molecular formula is C3H8ClNO. The van der Waals surface area contributed by atoms with Crippen LogP contribution in [0.3, 0.4) is 0 Å². The third-order valence-corrected chi connectivity index (χ3v) is 0.645. The Labute approximate surface area is 43.7 Å². The molecule has 3 heteroatoms. The standard InChI is InChI=1S/C3H8NO.ClH/c1-4(2)3-5-4;/h3H2,1-2H3;1H/q+1;/p-1. The van der Waals surface area contributed by atoms with Gasteiger partial charge >= 0.3 is 0 Å². The Morgan fingerprint density at radius 3 is 1.67 bits per heavy atom. The Hall–Kier alpha value is 0.210. The third kappa shape index (κ3) is 1.60. The monoisotopic (exact) mass is 109 g/mol. The molecule has 0 N–H and O–H groups in total. The maximum Gasteiger partial charge on any atom is 0.264 e. The number of nitrogens with zero attached hydrogens (tertiary/aromatic N) is 1. The summed E-state index contributed by atoms with van der Waals surface area (Å²) >= 11 is 0. The Kier molecular flexibility index (Phi) is 1.42. The third-order valence-electron chi connectivity index (χ3n) is 0.645. The van der Waals surface area contributed by atoms with Gasteiger partial charge in [0.15, 0.2) is 0 Å². The van der Waals surface area contributed by atoms with E-state index in [1.165, 1.54) is 0 Å². The van der Waals surface area contributed by atoms with Crippen LogP contribution in [0.1, 0.15) is 0 Å². The number of hydroxylamine groups is 3. The fourth-order valence-corrected chi connectivity index (χ4v) is 0.115. The van der Waals surface area contributed by atoms with Crippen molar-refractivity contribution in [3.8, 4) is 0 Å². The van der Waals surface area contributed by atoms with E-state index in [0.717, 1.165) is 11.4 Å². The first kappa shape index (κ1) is 6.21. The summed E-state index contributed by atoms with van der Waals surface area (Å²) in [5.74, 6) is 0. The largest absolute Gasteiger partial charge is 1.00 e. The molecule has 6 heavy (non-hydrogen) atoms. The van der Waals surface area contributed by atoms with Gasteiger partial charge in [-0.05, 0) is 0 Å². The normalized spacial score (nSPS) is 25.0. The lowest BCUT2D eigenvalue weighted by Gasteiger charge is -1.86. The molecule has 1 aliphatic heterocycles. The van der Waals surface area contributed by atoms with Crippen LogP contribution in [0.2, 0.25) is 0 Å². The van der Waals surface area contributed by atoms with Crippen molar-refractivity contribution in [2.45, 2.75) is 0 Å². The van der Waals surface area contributed by atoms with Crippen molar-refractivity contribution < 1.29 is 21.9 Å². The van der Waals surface area contributed by atoms with Gasteiger partial charge in [0, 0.05) is 0 Å². The quantitative estimate of drug-likeness (QED) is 0.238. The number of halogens is 1. The summed E-state index contributed by atoms with van der Waals surface area (Å²) in [6.45, 7) is 0.889. The van der Waals surface area contributed by atoms with E-state index in [9.17, 15) is 0 Å². The van der Waals surface area contributed by atoms with Crippen molar-refractivity contribution in [2.75, 3.05) is 20.8 Å². The van der Waals surface area contributed by atoms with Crippen LogP contribution < -0.4 is 12.4 Å². The molecule has 0 unspecified atom stereocenters. The second-order valence-corrected chi connectivity index (χ2v) is 1.83. The number of hydrogen-bond donors (Lipinski definition) is 0. The van der Waals surface area contributed by atoms with Gasteiger partial charge < -0.3 is 12.4 Å². The first-order valence-corrected chi connectivity index (χ1v) is 1.68. The van der Waals surface area contributed by atoms with Gasteiger partial charge in [-0.3, -0.25) is 0 Å². The Balaban J connectivity index is 0.000000250. The van der Waals surface area contributed by atoms with Gasteiger partial charge in [0.1, 0.15) is 14.1 Å². The Morgan fingerprint density at radius 1 is 1.50 bits per heavy atom. The molecule has 1 heterocycles. The lowest BCUT2D eigenvalue weighted by Crippen LogP contribution is -3.00. The molecule has 38 valence electrons. The lowest BCUT2D eigenvalue weighted by atomic mass is 11.0. The molecule has 0 atom stereocenters. The molecule has 2 nitrogen and oxygen atoms in total. The van der Waals surface area contributed by atoms with E-state index < -0.39 is 0 Å². The maximum atomic E-state index is 4.83. The zero-order valence-corrected chi connectivity index (χ0v) is 4.70. The van der Waals surface area contributed by atoms with Crippen LogP contribution in [0.15, 0.2) is 0 Å². The predicted molar refractivity (Wildman–Crippen MR) is 18.1 cm³/mol. The molecule has 0 spiro atoms. The Morgan fingerprint density at radius 2 is 1.67 bits per heavy atom. The molecule has 0 aromatic carbocycles. The summed E-state index contributed by atoms with van der Waals surface area (Å²) in [6, 6.07) is 0. The van der Waals surface area contributed by atoms with Gasteiger partial charge in [-0.1, -0.05) is 0 Å². The molecule has 0 amide bonds. The van der Waals surface area contributed by atoms with Gasteiger partial charge in [-0.15, -0.1) is 4.84 Å².